The first-order chi connectivity index (χ1) is 8.34. The molecule has 2 nitrogen and oxygen atoms in total. The van der Waals surface area contributed by atoms with E-state index in [-0.39, 0.29) is 5.97 Å². The van der Waals surface area contributed by atoms with Gasteiger partial charge in [0.1, 0.15) is 6.61 Å². The van der Waals surface area contributed by atoms with Crippen LogP contribution in [0.1, 0.15) is 37.7 Å². The van der Waals surface area contributed by atoms with Crippen LogP contribution in [-0.4, -0.2) is 5.97 Å². The van der Waals surface area contributed by atoms with Gasteiger partial charge in [0.25, 0.3) is 0 Å². The van der Waals surface area contributed by atoms with Crippen molar-refractivity contribution in [2.75, 3.05) is 0 Å². The highest BCUT2D eigenvalue weighted by Gasteiger charge is 2.16. The van der Waals surface area contributed by atoms with E-state index >= 15 is 0 Å². The van der Waals surface area contributed by atoms with Gasteiger partial charge in [-0.2, -0.15) is 0 Å². The molecule has 2 rings (SSSR count). The molecule has 0 bridgehead atoms. The average Bonchev–Trinajstić information content (AvgIpc) is 2.39. The molecule has 0 spiro atoms. The Balaban J connectivity index is 1.70. The SMILES string of the molecule is O=C(Cc1ccccc1)O[CH]C1CCCCC1. The molecule has 91 valence electrons. The molecule has 0 N–H and O–H groups in total. The van der Waals surface area contributed by atoms with E-state index in [0.717, 1.165) is 5.56 Å². The van der Waals surface area contributed by atoms with Crippen molar-refractivity contribution in [2.24, 2.45) is 5.92 Å². The van der Waals surface area contributed by atoms with Crippen LogP contribution in [-0.2, 0) is 16.0 Å². The highest BCUT2D eigenvalue weighted by atomic mass is 16.5. The summed E-state index contributed by atoms with van der Waals surface area (Å²) in [4.78, 5) is 11.6. The molecule has 0 saturated heterocycles. The molecule has 1 aromatic rings. The summed E-state index contributed by atoms with van der Waals surface area (Å²) in [7, 11) is 0. The van der Waals surface area contributed by atoms with Crippen molar-refractivity contribution < 1.29 is 9.53 Å². The normalized spacial score (nSPS) is 16.7. The zero-order valence-electron chi connectivity index (χ0n) is 10.1. The van der Waals surface area contributed by atoms with Crippen LogP contribution in [0.4, 0.5) is 0 Å². The van der Waals surface area contributed by atoms with E-state index in [2.05, 4.69) is 0 Å². The smallest absolute Gasteiger partial charge is 0.310 e. The van der Waals surface area contributed by atoms with Crippen LogP contribution in [0.15, 0.2) is 30.3 Å². The third-order valence-electron chi connectivity index (χ3n) is 3.23. The molecule has 1 aliphatic rings. The molecule has 0 aromatic heterocycles. The summed E-state index contributed by atoms with van der Waals surface area (Å²) < 4.78 is 5.22. The van der Waals surface area contributed by atoms with Gasteiger partial charge in [0.15, 0.2) is 0 Å². The van der Waals surface area contributed by atoms with Gasteiger partial charge < -0.3 is 4.74 Å². The number of benzene rings is 1. The summed E-state index contributed by atoms with van der Waals surface area (Å²) >= 11 is 0. The average molecular weight is 231 g/mol. The quantitative estimate of drug-likeness (QED) is 0.741. The molecule has 0 atom stereocenters. The lowest BCUT2D eigenvalue weighted by molar-refractivity contribution is -0.140. The number of rotatable bonds is 4. The fraction of sp³-hybridized carbons (Fsp3) is 0.467. The monoisotopic (exact) mass is 231 g/mol. The van der Waals surface area contributed by atoms with Crippen molar-refractivity contribution in [3.63, 3.8) is 0 Å². The van der Waals surface area contributed by atoms with Gasteiger partial charge in [-0.05, 0) is 24.3 Å². The largest absolute Gasteiger partial charge is 0.458 e. The van der Waals surface area contributed by atoms with Crippen LogP contribution in [0.25, 0.3) is 0 Å². The number of hydrogen-bond acceptors (Lipinski definition) is 2. The lowest BCUT2D eigenvalue weighted by atomic mass is 9.90. The highest BCUT2D eigenvalue weighted by Crippen LogP contribution is 2.25. The molecule has 0 aliphatic heterocycles. The Bertz CT molecular complexity index is 339. The summed E-state index contributed by atoms with van der Waals surface area (Å²) in [6, 6.07) is 9.72. The molecule has 1 saturated carbocycles. The van der Waals surface area contributed by atoms with Crippen LogP contribution in [0, 0.1) is 12.5 Å². The summed E-state index contributed by atoms with van der Waals surface area (Å²) in [6.45, 7) is 1.75. The third-order valence-corrected chi connectivity index (χ3v) is 3.23. The predicted octanol–water partition coefficient (Wildman–Crippen LogP) is 3.51. The fourth-order valence-corrected chi connectivity index (χ4v) is 2.25. The first kappa shape index (κ1) is 12.2. The topological polar surface area (TPSA) is 26.3 Å². The van der Waals surface area contributed by atoms with E-state index in [1.807, 2.05) is 30.3 Å². The Kier molecular flexibility index (Phi) is 4.60. The van der Waals surface area contributed by atoms with Crippen LogP contribution in [0.5, 0.6) is 0 Å². The van der Waals surface area contributed by atoms with Gasteiger partial charge in [-0.1, -0.05) is 49.6 Å². The van der Waals surface area contributed by atoms with Crippen LogP contribution < -0.4 is 0 Å². The first-order valence-corrected chi connectivity index (χ1v) is 6.41. The van der Waals surface area contributed by atoms with Gasteiger partial charge in [0.05, 0.1) is 6.42 Å². The number of ether oxygens (including phenoxy) is 1. The number of carbonyl (C=O) groups is 1. The standard InChI is InChI=1S/C15H19O2/c16-15(11-13-7-3-1-4-8-13)17-12-14-9-5-2-6-10-14/h1,3-4,7-8,12,14H,2,5-6,9-11H2. The van der Waals surface area contributed by atoms with Gasteiger partial charge in [0, 0.05) is 0 Å². The van der Waals surface area contributed by atoms with Crippen molar-refractivity contribution in [1.82, 2.24) is 0 Å². The Morgan fingerprint density at radius 2 is 1.88 bits per heavy atom. The predicted molar refractivity (Wildman–Crippen MR) is 67.1 cm³/mol. The number of carbonyl (C=O) groups excluding carboxylic acids is 1. The maximum Gasteiger partial charge on any atom is 0.310 e. The van der Waals surface area contributed by atoms with E-state index < -0.39 is 0 Å². The third kappa shape index (κ3) is 4.22. The molecule has 1 radical (unpaired) electrons. The molecule has 0 heterocycles. The van der Waals surface area contributed by atoms with E-state index in [1.165, 1.54) is 32.1 Å². The van der Waals surface area contributed by atoms with Crippen molar-refractivity contribution in [2.45, 2.75) is 38.5 Å². The summed E-state index contributed by atoms with van der Waals surface area (Å²) in [5.41, 5.74) is 1.01. The zero-order chi connectivity index (χ0) is 11.9. The van der Waals surface area contributed by atoms with Gasteiger partial charge in [-0.15, -0.1) is 0 Å². The second-order valence-electron chi connectivity index (χ2n) is 4.69. The Morgan fingerprint density at radius 1 is 1.18 bits per heavy atom. The van der Waals surface area contributed by atoms with Gasteiger partial charge in [0.2, 0.25) is 0 Å². The minimum atomic E-state index is -0.151. The second kappa shape index (κ2) is 6.43. The van der Waals surface area contributed by atoms with Crippen LogP contribution in [0.3, 0.4) is 0 Å². The maximum atomic E-state index is 11.6. The molecule has 0 unspecified atom stereocenters. The molecule has 17 heavy (non-hydrogen) atoms. The minimum Gasteiger partial charge on any atom is -0.458 e. The molecular formula is C15H19O2. The molecule has 1 aliphatic carbocycles. The van der Waals surface area contributed by atoms with Crippen molar-refractivity contribution in [3.05, 3.63) is 42.5 Å². The Morgan fingerprint density at radius 3 is 2.59 bits per heavy atom. The molecule has 1 fully saturated rings. The van der Waals surface area contributed by atoms with Crippen LogP contribution >= 0.6 is 0 Å². The molecular weight excluding hydrogens is 212 g/mol. The maximum absolute atomic E-state index is 11.6. The van der Waals surface area contributed by atoms with Gasteiger partial charge >= 0.3 is 5.97 Å². The zero-order valence-corrected chi connectivity index (χ0v) is 10.1. The van der Waals surface area contributed by atoms with E-state index in [1.54, 1.807) is 6.61 Å². The van der Waals surface area contributed by atoms with Crippen molar-refractivity contribution >= 4 is 5.97 Å². The first-order valence-electron chi connectivity index (χ1n) is 6.41. The van der Waals surface area contributed by atoms with E-state index in [4.69, 9.17) is 4.74 Å². The Hall–Kier alpha value is -1.31. The van der Waals surface area contributed by atoms with Crippen molar-refractivity contribution in [3.8, 4) is 0 Å². The summed E-state index contributed by atoms with van der Waals surface area (Å²) in [6.07, 6.45) is 6.54. The molecule has 1 aromatic carbocycles. The lowest BCUT2D eigenvalue weighted by Crippen LogP contribution is -2.13. The number of esters is 1. The van der Waals surface area contributed by atoms with Crippen LogP contribution in [0.2, 0.25) is 0 Å². The Labute approximate surface area is 103 Å². The highest BCUT2D eigenvalue weighted by molar-refractivity contribution is 5.72. The lowest BCUT2D eigenvalue weighted by Gasteiger charge is -2.20. The van der Waals surface area contributed by atoms with Gasteiger partial charge in [-0.3, -0.25) is 4.79 Å². The van der Waals surface area contributed by atoms with Gasteiger partial charge in [-0.25, -0.2) is 0 Å². The second-order valence-corrected chi connectivity index (χ2v) is 4.69. The molecule has 2 heteroatoms. The minimum absolute atomic E-state index is 0.151. The van der Waals surface area contributed by atoms with E-state index in [0.29, 0.717) is 12.3 Å². The molecule has 0 amide bonds. The summed E-state index contributed by atoms with van der Waals surface area (Å²) in [5.74, 6) is 0.324. The number of hydrogen-bond donors (Lipinski definition) is 0. The van der Waals surface area contributed by atoms with Crippen molar-refractivity contribution in [1.29, 1.82) is 0 Å². The summed E-state index contributed by atoms with van der Waals surface area (Å²) in [5, 5.41) is 0. The van der Waals surface area contributed by atoms with E-state index in [9.17, 15) is 4.79 Å². The fourth-order valence-electron chi connectivity index (χ4n) is 2.25.